The van der Waals surface area contributed by atoms with Crippen molar-refractivity contribution in [2.45, 2.75) is 77.4 Å². The molecule has 2 aromatic rings. The van der Waals surface area contributed by atoms with Crippen molar-refractivity contribution in [1.82, 2.24) is 25.3 Å². The number of aromatic nitrogens is 2. The second kappa shape index (κ2) is 12.3. The minimum Gasteiger partial charge on any atom is -0.485 e. The van der Waals surface area contributed by atoms with Crippen LogP contribution in [-0.4, -0.2) is 64.3 Å². The Kier molecular flexibility index (Phi) is 8.77. The standard InChI is InChI=1S/C29H38BrN5O5/c1-17(2)28-32-24(33-40-28)16-39-23-11-10-21(30)20-12-14-35(22(26(20)23)15-34-13-6-9-25(34)36)29(38)19-8-5-4-7-18(19)27(37)31-3/h10-11,17-19,22H,4-9,12-16H2,1-3H3,(H,31,37)/t18?,19?,22-/m1/s1. The summed E-state index contributed by atoms with van der Waals surface area (Å²) in [5.41, 5.74) is 1.97. The Hall–Kier alpha value is -2.95. The van der Waals surface area contributed by atoms with Crippen LogP contribution in [0.1, 0.15) is 87.2 Å². The summed E-state index contributed by atoms with van der Waals surface area (Å²) in [6.07, 6.45) is 5.23. The summed E-state index contributed by atoms with van der Waals surface area (Å²) in [6.45, 7) is 5.67. The van der Waals surface area contributed by atoms with E-state index in [1.54, 1.807) is 7.05 Å². The first kappa shape index (κ1) is 28.6. The van der Waals surface area contributed by atoms with Gasteiger partial charge in [0, 0.05) is 60.9 Å². The van der Waals surface area contributed by atoms with E-state index in [0.717, 1.165) is 34.9 Å². The highest BCUT2D eigenvalue weighted by Crippen LogP contribution is 2.43. The van der Waals surface area contributed by atoms with E-state index < -0.39 is 6.04 Å². The van der Waals surface area contributed by atoms with Gasteiger partial charge in [-0.25, -0.2) is 0 Å². The zero-order chi connectivity index (χ0) is 28.4. The predicted octanol–water partition coefficient (Wildman–Crippen LogP) is 4.14. The molecule has 1 saturated heterocycles. The quantitative estimate of drug-likeness (QED) is 0.474. The van der Waals surface area contributed by atoms with Gasteiger partial charge in [0.1, 0.15) is 5.75 Å². The van der Waals surface area contributed by atoms with Gasteiger partial charge in [0.25, 0.3) is 0 Å². The Labute approximate surface area is 243 Å². The SMILES string of the molecule is CNC(=O)C1CCCCC1C(=O)N1CCc2c(Br)ccc(OCc3noc(C(C)C)n3)c2[C@H]1CN1CCCC1=O. The number of likely N-dealkylation sites (tertiary alicyclic amines) is 1. The molecule has 1 aromatic heterocycles. The number of ether oxygens (including phenoxy) is 1. The average molecular weight is 617 g/mol. The molecule has 5 rings (SSSR count). The molecule has 1 aliphatic carbocycles. The summed E-state index contributed by atoms with van der Waals surface area (Å²) < 4.78 is 12.6. The average Bonchev–Trinajstić information content (AvgIpc) is 3.61. The maximum absolute atomic E-state index is 14.3. The van der Waals surface area contributed by atoms with Gasteiger partial charge in [-0.1, -0.05) is 47.8 Å². The molecule has 11 heteroatoms. The molecule has 10 nitrogen and oxygen atoms in total. The molecule has 2 aliphatic heterocycles. The number of benzene rings is 1. The van der Waals surface area contributed by atoms with Crippen molar-refractivity contribution in [3.63, 3.8) is 0 Å². The molecule has 3 heterocycles. The van der Waals surface area contributed by atoms with Crippen LogP contribution in [0, 0.1) is 11.8 Å². The van der Waals surface area contributed by atoms with Crippen LogP contribution in [0.5, 0.6) is 5.75 Å². The molecule has 0 spiro atoms. The molecule has 1 aromatic carbocycles. The topological polar surface area (TPSA) is 118 Å². The fourth-order valence-electron chi connectivity index (χ4n) is 6.31. The highest BCUT2D eigenvalue weighted by Gasteiger charge is 2.43. The van der Waals surface area contributed by atoms with Gasteiger partial charge in [0.05, 0.1) is 6.04 Å². The first-order valence-electron chi connectivity index (χ1n) is 14.3. The van der Waals surface area contributed by atoms with Gasteiger partial charge < -0.3 is 24.4 Å². The van der Waals surface area contributed by atoms with Crippen molar-refractivity contribution in [1.29, 1.82) is 0 Å². The largest absolute Gasteiger partial charge is 0.485 e. The molecule has 2 unspecified atom stereocenters. The zero-order valence-corrected chi connectivity index (χ0v) is 25.0. The summed E-state index contributed by atoms with van der Waals surface area (Å²) in [7, 11) is 1.63. The van der Waals surface area contributed by atoms with E-state index in [9.17, 15) is 14.4 Å². The Morgan fingerprint density at radius 2 is 1.93 bits per heavy atom. The summed E-state index contributed by atoms with van der Waals surface area (Å²) in [4.78, 5) is 47.9. The molecule has 1 saturated carbocycles. The number of halogens is 1. The van der Waals surface area contributed by atoms with Crippen molar-refractivity contribution in [2.24, 2.45) is 11.8 Å². The van der Waals surface area contributed by atoms with Gasteiger partial charge in [-0.15, -0.1) is 0 Å². The van der Waals surface area contributed by atoms with Crippen molar-refractivity contribution >= 4 is 33.7 Å². The molecule has 216 valence electrons. The highest BCUT2D eigenvalue weighted by atomic mass is 79.9. The van der Waals surface area contributed by atoms with Crippen LogP contribution in [0.25, 0.3) is 0 Å². The number of nitrogens with zero attached hydrogens (tertiary/aromatic N) is 4. The van der Waals surface area contributed by atoms with Crippen LogP contribution in [0.15, 0.2) is 21.1 Å². The summed E-state index contributed by atoms with van der Waals surface area (Å²) in [5.74, 6) is 1.05. The number of hydrogen-bond acceptors (Lipinski definition) is 7. The Morgan fingerprint density at radius 1 is 1.15 bits per heavy atom. The lowest BCUT2D eigenvalue weighted by Crippen LogP contribution is -2.50. The first-order valence-corrected chi connectivity index (χ1v) is 15.1. The minimum atomic E-state index is -0.394. The Bertz CT molecular complexity index is 1260. The molecule has 0 radical (unpaired) electrons. The number of carbonyl (C=O) groups excluding carboxylic acids is 3. The lowest BCUT2D eigenvalue weighted by molar-refractivity contribution is -0.147. The second-order valence-electron chi connectivity index (χ2n) is 11.3. The molecule has 1 N–H and O–H groups in total. The maximum atomic E-state index is 14.3. The van der Waals surface area contributed by atoms with Crippen LogP contribution in [0.4, 0.5) is 0 Å². The van der Waals surface area contributed by atoms with Crippen LogP contribution < -0.4 is 10.1 Å². The summed E-state index contributed by atoms with van der Waals surface area (Å²) in [5, 5.41) is 6.82. The van der Waals surface area contributed by atoms with Gasteiger partial charge in [0.2, 0.25) is 29.4 Å². The lowest BCUT2D eigenvalue weighted by atomic mass is 9.77. The van der Waals surface area contributed by atoms with Crippen molar-refractivity contribution in [3.8, 4) is 5.75 Å². The van der Waals surface area contributed by atoms with Crippen LogP contribution in [-0.2, 0) is 27.4 Å². The van der Waals surface area contributed by atoms with Gasteiger partial charge in [-0.05, 0) is 43.4 Å². The monoisotopic (exact) mass is 615 g/mol. The molecule has 0 bridgehead atoms. The lowest BCUT2D eigenvalue weighted by Gasteiger charge is -2.43. The molecular formula is C29H38BrN5O5. The normalized spacial score (nSPS) is 22.9. The van der Waals surface area contributed by atoms with Crippen LogP contribution in [0.3, 0.4) is 0 Å². The molecule has 3 aliphatic rings. The number of carbonyl (C=O) groups is 3. The highest BCUT2D eigenvalue weighted by molar-refractivity contribution is 9.10. The number of fused-ring (bicyclic) bond motifs is 1. The van der Waals surface area contributed by atoms with E-state index in [1.807, 2.05) is 35.8 Å². The van der Waals surface area contributed by atoms with Crippen LogP contribution in [0.2, 0.25) is 0 Å². The maximum Gasteiger partial charge on any atom is 0.229 e. The molecular weight excluding hydrogens is 578 g/mol. The van der Waals surface area contributed by atoms with E-state index in [-0.39, 0.29) is 42.1 Å². The molecule has 40 heavy (non-hydrogen) atoms. The van der Waals surface area contributed by atoms with Gasteiger partial charge in [-0.3, -0.25) is 14.4 Å². The minimum absolute atomic E-state index is 0.0127. The molecule has 3 amide bonds. The van der Waals surface area contributed by atoms with E-state index in [1.165, 1.54) is 0 Å². The summed E-state index contributed by atoms with van der Waals surface area (Å²) >= 11 is 3.72. The first-order chi connectivity index (χ1) is 19.3. The van der Waals surface area contributed by atoms with Crippen molar-refractivity contribution in [3.05, 3.63) is 39.4 Å². The predicted molar refractivity (Wildman–Crippen MR) is 150 cm³/mol. The fourth-order valence-corrected chi connectivity index (χ4v) is 6.85. The Morgan fingerprint density at radius 3 is 2.60 bits per heavy atom. The van der Waals surface area contributed by atoms with Crippen molar-refractivity contribution in [2.75, 3.05) is 26.7 Å². The third kappa shape index (κ3) is 5.75. The van der Waals surface area contributed by atoms with E-state index in [2.05, 4.69) is 31.4 Å². The zero-order valence-electron chi connectivity index (χ0n) is 23.5. The molecule has 2 fully saturated rings. The number of rotatable bonds is 8. The third-order valence-electron chi connectivity index (χ3n) is 8.42. The fraction of sp³-hybridized carbons (Fsp3) is 0.621. The van der Waals surface area contributed by atoms with Gasteiger partial charge >= 0.3 is 0 Å². The van der Waals surface area contributed by atoms with Gasteiger partial charge in [-0.2, -0.15) is 4.98 Å². The third-order valence-corrected chi connectivity index (χ3v) is 9.16. The van der Waals surface area contributed by atoms with Crippen molar-refractivity contribution < 1.29 is 23.6 Å². The smallest absolute Gasteiger partial charge is 0.229 e. The number of hydrogen-bond donors (Lipinski definition) is 1. The number of amides is 3. The van der Waals surface area contributed by atoms with Gasteiger partial charge in [0.15, 0.2) is 6.61 Å². The summed E-state index contributed by atoms with van der Waals surface area (Å²) in [6, 6.07) is 3.46. The Balaban J connectivity index is 1.49. The van der Waals surface area contributed by atoms with E-state index in [4.69, 9.17) is 9.26 Å². The second-order valence-corrected chi connectivity index (χ2v) is 12.1. The molecule has 3 atom stereocenters. The van der Waals surface area contributed by atoms with Crippen LogP contribution >= 0.6 is 15.9 Å². The number of nitrogens with one attached hydrogen (secondary N) is 1. The van der Waals surface area contributed by atoms with E-state index >= 15 is 0 Å². The van der Waals surface area contributed by atoms with E-state index in [0.29, 0.717) is 62.8 Å².